The molecule has 2 unspecified atom stereocenters. The Hall–Kier alpha value is -0.0800. The molecule has 0 aromatic heterocycles. The van der Waals surface area contributed by atoms with Gasteiger partial charge in [-0.1, -0.05) is 6.42 Å². The molecule has 2 N–H and O–H groups in total. The van der Waals surface area contributed by atoms with Crippen LogP contribution in [0.15, 0.2) is 0 Å². The van der Waals surface area contributed by atoms with Gasteiger partial charge in [-0.25, -0.2) is 0 Å². The van der Waals surface area contributed by atoms with Crippen molar-refractivity contribution in [3.8, 4) is 0 Å². The number of hydrogen-bond donors (Lipinski definition) is 2. The topological polar surface area (TPSA) is 24.1 Å². The molecular weight excluding hydrogens is 136 g/mol. The van der Waals surface area contributed by atoms with E-state index < -0.39 is 0 Å². The lowest BCUT2D eigenvalue weighted by Gasteiger charge is -2.20. The van der Waals surface area contributed by atoms with Crippen molar-refractivity contribution in [2.75, 3.05) is 13.1 Å². The molecule has 0 bridgehead atoms. The molecule has 2 atom stereocenters. The second-order valence-electron chi connectivity index (χ2n) is 3.55. The maximum Gasteiger partial charge on any atom is 0.0190 e. The normalized spacial score (nSPS) is 35.5. The Morgan fingerprint density at radius 3 is 1.73 bits per heavy atom. The molecule has 1 aliphatic heterocycles. The van der Waals surface area contributed by atoms with Gasteiger partial charge in [-0.3, -0.25) is 0 Å². The molecule has 2 nitrogen and oxygen atoms in total. The third-order valence-electron chi connectivity index (χ3n) is 2.54. The van der Waals surface area contributed by atoms with E-state index >= 15 is 0 Å². The maximum absolute atomic E-state index is 3.51. The molecule has 0 spiro atoms. The molecule has 0 saturated carbocycles. The minimum atomic E-state index is 0.619. The first-order chi connectivity index (χ1) is 5.30. The largest absolute Gasteiger partial charge is 0.313 e. The van der Waals surface area contributed by atoms with E-state index in [-0.39, 0.29) is 0 Å². The second-order valence-corrected chi connectivity index (χ2v) is 3.55. The van der Waals surface area contributed by atoms with E-state index in [4.69, 9.17) is 0 Å². The van der Waals surface area contributed by atoms with Crippen molar-refractivity contribution in [3.63, 3.8) is 0 Å². The summed E-state index contributed by atoms with van der Waals surface area (Å²) in [6.07, 6.45) is 4.02. The summed E-state index contributed by atoms with van der Waals surface area (Å²) in [7, 11) is 0. The Bertz CT molecular complexity index is 91.7. The van der Waals surface area contributed by atoms with Crippen molar-refractivity contribution in [1.82, 2.24) is 10.6 Å². The van der Waals surface area contributed by atoms with E-state index in [1.165, 1.54) is 32.4 Å². The summed E-state index contributed by atoms with van der Waals surface area (Å²) in [6.45, 7) is 6.88. The highest BCUT2D eigenvalue weighted by atomic mass is 15.0. The third kappa shape index (κ3) is 3.21. The van der Waals surface area contributed by atoms with Gasteiger partial charge in [-0.05, 0) is 39.8 Å². The molecule has 66 valence electrons. The number of hydrogen-bond acceptors (Lipinski definition) is 2. The zero-order chi connectivity index (χ0) is 8.10. The van der Waals surface area contributed by atoms with Crippen LogP contribution in [-0.4, -0.2) is 25.2 Å². The van der Waals surface area contributed by atoms with Crippen LogP contribution in [0.25, 0.3) is 0 Å². The Labute approximate surface area is 69.8 Å². The van der Waals surface area contributed by atoms with Crippen LogP contribution < -0.4 is 10.6 Å². The Balaban J connectivity index is 2.29. The van der Waals surface area contributed by atoms with Gasteiger partial charge in [-0.2, -0.15) is 0 Å². The first-order valence-electron chi connectivity index (χ1n) is 4.77. The monoisotopic (exact) mass is 156 g/mol. The lowest BCUT2D eigenvalue weighted by Crippen LogP contribution is -2.44. The Morgan fingerprint density at radius 2 is 1.27 bits per heavy atom. The molecular formula is C9H20N2. The van der Waals surface area contributed by atoms with Crippen LogP contribution in [0.4, 0.5) is 0 Å². The summed E-state index contributed by atoms with van der Waals surface area (Å²) < 4.78 is 0. The third-order valence-corrected chi connectivity index (χ3v) is 2.54. The first-order valence-corrected chi connectivity index (χ1v) is 4.77. The first kappa shape index (κ1) is 9.01. The quantitative estimate of drug-likeness (QED) is 0.549. The smallest absolute Gasteiger partial charge is 0.0190 e. The van der Waals surface area contributed by atoms with E-state index in [0.29, 0.717) is 12.1 Å². The SMILES string of the molecule is CC1NCCCCCNC1C. The fourth-order valence-electron chi connectivity index (χ4n) is 1.44. The average molecular weight is 156 g/mol. The van der Waals surface area contributed by atoms with E-state index in [9.17, 15) is 0 Å². The molecule has 1 saturated heterocycles. The molecule has 1 aliphatic rings. The van der Waals surface area contributed by atoms with E-state index in [1.54, 1.807) is 0 Å². The Morgan fingerprint density at radius 1 is 0.818 bits per heavy atom. The van der Waals surface area contributed by atoms with Crippen LogP contribution in [0.2, 0.25) is 0 Å². The predicted molar refractivity (Wildman–Crippen MR) is 48.8 cm³/mol. The zero-order valence-corrected chi connectivity index (χ0v) is 7.69. The van der Waals surface area contributed by atoms with Crippen molar-refractivity contribution in [3.05, 3.63) is 0 Å². The van der Waals surface area contributed by atoms with Gasteiger partial charge in [0, 0.05) is 12.1 Å². The fourth-order valence-corrected chi connectivity index (χ4v) is 1.44. The highest BCUT2D eigenvalue weighted by Gasteiger charge is 2.11. The molecule has 11 heavy (non-hydrogen) atoms. The van der Waals surface area contributed by atoms with Gasteiger partial charge in [0.1, 0.15) is 0 Å². The van der Waals surface area contributed by atoms with Crippen molar-refractivity contribution in [1.29, 1.82) is 0 Å². The van der Waals surface area contributed by atoms with Gasteiger partial charge in [-0.15, -0.1) is 0 Å². The summed E-state index contributed by atoms with van der Waals surface area (Å²) in [5.41, 5.74) is 0. The summed E-state index contributed by atoms with van der Waals surface area (Å²) in [5, 5.41) is 7.02. The van der Waals surface area contributed by atoms with Gasteiger partial charge in [0.15, 0.2) is 0 Å². The number of rotatable bonds is 0. The van der Waals surface area contributed by atoms with E-state index in [1.807, 2.05) is 0 Å². The Kier molecular flexibility index (Phi) is 3.87. The highest BCUT2D eigenvalue weighted by Crippen LogP contribution is 1.99. The van der Waals surface area contributed by atoms with Crippen LogP contribution in [0, 0.1) is 0 Å². The number of nitrogens with one attached hydrogen (secondary N) is 2. The minimum Gasteiger partial charge on any atom is -0.313 e. The van der Waals surface area contributed by atoms with E-state index in [0.717, 1.165) is 0 Å². The lowest BCUT2D eigenvalue weighted by molar-refractivity contribution is 0.424. The maximum atomic E-state index is 3.51. The molecule has 0 aromatic carbocycles. The van der Waals surface area contributed by atoms with Crippen molar-refractivity contribution < 1.29 is 0 Å². The van der Waals surface area contributed by atoms with Crippen molar-refractivity contribution in [2.45, 2.75) is 45.2 Å². The standard InChI is InChI=1S/C9H20N2/c1-8-9(2)11-7-5-3-4-6-10-8/h8-11H,3-7H2,1-2H3. The van der Waals surface area contributed by atoms with Crippen LogP contribution in [-0.2, 0) is 0 Å². The van der Waals surface area contributed by atoms with Crippen LogP contribution in [0.1, 0.15) is 33.1 Å². The lowest BCUT2D eigenvalue weighted by atomic mass is 10.2. The fraction of sp³-hybridized carbons (Fsp3) is 1.00. The predicted octanol–water partition coefficient (Wildman–Crippen LogP) is 1.13. The van der Waals surface area contributed by atoms with Crippen LogP contribution in [0.3, 0.4) is 0 Å². The second kappa shape index (κ2) is 4.73. The molecule has 0 aliphatic carbocycles. The summed E-state index contributed by atoms with van der Waals surface area (Å²) >= 11 is 0. The van der Waals surface area contributed by atoms with Gasteiger partial charge in [0.2, 0.25) is 0 Å². The van der Waals surface area contributed by atoms with Gasteiger partial charge in [0.05, 0.1) is 0 Å². The molecule has 1 heterocycles. The van der Waals surface area contributed by atoms with Crippen LogP contribution in [0.5, 0.6) is 0 Å². The molecule has 1 rings (SSSR count). The molecule has 0 amide bonds. The summed E-state index contributed by atoms with van der Waals surface area (Å²) in [5.74, 6) is 0. The minimum absolute atomic E-state index is 0.619. The van der Waals surface area contributed by atoms with Crippen molar-refractivity contribution in [2.24, 2.45) is 0 Å². The highest BCUT2D eigenvalue weighted by molar-refractivity contribution is 4.75. The van der Waals surface area contributed by atoms with Gasteiger partial charge in [0.25, 0.3) is 0 Å². The summed E-state index contributed by atoms with van der Waals surface area (Å²) in [4.78, 5) is 0. The van der Waals surface area contributed by atoms with Crippen LogP contribution >= 0.6 is 0 Å². The zero-order valence-electron chi connectivity index (χ0n) is 7.69. The average Bonchev–Trinajstić information content (AvgIpc) is 2.07. The molecule has 1 fully saturated rings. The molecule has 0 radical (unpaired) electrons. The summed E-state index contributed by atoms with van der Waals surface area (Å²) in [6, 6.07) is 1.24. The van der Waals surface area contributed by atoms with E-state index in [2.05, 4.69) is 24.5 Å². The van der Waals surface area contributed by atoms with Gasteiger partial charge < -0.3 is 10.6 Å². The van der Waals surface area contributed by atoms with Crippen molar-refractivity contribution >= 4 is 0 Å². The van der Waals surface area contributed by atoms with Gasteiger partial charge >= 0.3 is 0 Å². The molecule has 0 aromatic rings. The molecule has 2 heteroatoms.